The van der Waals surface area contributed by atoms with Crippen LogP contribution < -0.4 is 11.1 Å². The van der Waals surface area contributed by atoms with E-state index < -0.39 is 11.1 Å². The largest absolute Gasteiger partial charge is 0.361 e. The molecule has 0 spiro atoms. The van der Waals surface area contributed by atoms with Crippen LogP contribution in [0.25, 0.3) is 33.3 Å². The van der Waals surface area contributed by atoms with E-state index in [4.69, 9.17) is 4.52 Å². The molecule has 0 saturated heterocycles. The third-order valence-electron chi connectivity index (χ3n) is 5.53. The second kappa shape index (κ2) is 7.96. The van der Waals surface area contributed by atoms with Crippen molar-refractivity contribution < 1.29 is 4.52 Å². The van der Waals surface area contributed by atoms with Crippen LogP contribution >= 0.6 is 0 Å². The molecule has 32 heavy (non-hydrogen) atoms. The molecule has 0 aliphatic rings. The molecule has 0 fully saturated rings. The van der Waals surface area contributed by atoms with Crippen LogP contribution in [-0.4, -0.2) is 24.7 Å². The van der Waals surface area contributed by atoms with E-state index in [1.165, 1.54) is 15.5 Å². The van der Waals surface area contributed by atoms with E-state index in [9.17, 15) is 9.59 Å². The predicted octanol–water partition coefficient (Wildman–Crippen LogP) is 3.66. The van der Waals surface area contributed by atoms with Crippen molar-refractivity contribution in [3.8, 4) is 11.4 Å². The number of benzene rings is 2. The maximum Gasteiger partial charge on any atom is 0.316 e. The molecular weight excluding hydrogens is 406 g/mol. The summed E-state index contributed by atoms with van der Waals surface area (Å²) in [6, 6.07) is 13.6. The molecule has 0 bridgehead atoms. The van der Waals surface area contributed by atoms with Gasteiger partial charge in [-0.1, -0.05) is 37.2 Å². The number of aromatic nitrogens is 5. The average molecular weight is 429 g/mol. The Balaban J connectivity index is 1.42. The Bertz CT molecular complexity index is 1540. The number of hydrogen-bond acceptors (Lipinski definition) is 5. The Morgan fingerprint density at radius 1 is 1.06 bits per heavy atom. The van der Waals surface area contributed by atoms with Crippen molar-refractivity contribution in [3.05, 3.63) is 80.8 Å². The van der Waals surface area contributed by atoms with Gasteiger partial charge in [-0.3, -0.25) is 9.59 Å². The van der Waals surface area contributed by atoms with Crippen LogP contribution in [0.3, 0.4) is 0 Å². The second-order valence-electron chi connectivity index (χ2n) is 8.37. The summed E-state index contributed by atoms with van der Waals surface area (Å²) in [5, 5.41) is 5.30. The van der Waals surface area contributed by atoms with Gasteiger partial charge in [-0.2, -0.15) is 4.98 Å². The van der Waals surface area contributed by atoms with E-state index in [1.54, 1.807) is 6.07 Å². The van der Waals surface area contributed by atoms with Crippen molar-refractivity contribution >= 4 is 21.9 Å². The first kappa shape index (κ1) is 20.0. The highest BCUT2D eigenvalue weighted by molar-refractivity contribution is 5.83. The number of H-pyrrole nitrogens is 2. The fourth-order valence-corrected chi connectivity index (χ4v) is 4.02. The second-order valence-corrected chi connectivity index (χ2v) is 8.37. The van der Waals surface area contributed by atoms with Crippen LogP contribution in [0.4, 0.5) is 0 Å². The van der Waals surface area contributed by atoms with Crippen molar-refractivity contribution in [1.82, 2.24) is 24.7 Å². The lowest BCUT2D eigenvalue weighted by molar-refractivity contribution is 0.379. The van der Waals surface area contributed by atoms with Crippen LogP contribution in [0, 0.1) is 5.92 Å². The average Bonchev–Trinajstić information content (AvgIpc) is 3.42. The SMILES string of the molecule is CC(C)Cn1c(=O)c(=O)[nH]c2cc(-c3noc(CCc4c[nH]c5ccccc45)n3)ccc21. The van der Waals surface area contributed by atoms with Gasteiger partial charge in [0.1, 0.15) is 0 Å². The number of aryl methyl sites for hydroxylation is 2. The molecule has 0 amide bonds. The lowest BCUT2D eigenvalue weighted by Gasteiger charge is -2.12. The maximum atomic E-state index is 12.3. The van der Waals surface area contributed by atoms with Gasteiger partial charge < -0.3 is 19.1 Å². The number of rotatable bonds is 6. The minimum atomic E-state index is -0.636. The number of hydrogen-bond donors (Lipinski definition) is 2. The number of fused-ring (bicyclic) bond motifs is 2. The molecule has 8 nitrogen and oxygen atoms in total. The Labute approximate surface area is 182 Å². The van der Waals surface area contributed by atoms with E-state index in [-0.39, 0.29) is 5.92 Å². The van der Waals surface area contributed by atoms with Gasteiger partial charge in [-0.25, -0.2) is 0 Å². The minimum absolute atomic E-state index is 0.231. The van der Waals surface area contributed by atoms with Crippen LogP contribution in [0.1, 0.15) is 25.3 Å². The van der Waals surface area contributed by atoms with Crippen molar-refractivity contribution in [2.45, 2.75) is 33.2 Å². The molecule has 2 aromatic carbocycles. The number of aromatic amines is 2. The topological polar surface area (TPSA) is 110 Å². The van der Waals surface area contributed by atoms with Crippen molar-refractivity contribution in [3.63, 3.8) is 0 Å². The zero-order valence-electron chi connectivity index (χ0n) is 17.9. The van der Waals surface area contributed by atoms with Crippen molar-refractivity contribution in [2.24, 2.45) is 5.92 Å². The summed E-state index contributed by atoms with van der Waals surface area (Å²) >= 11 is 0. The highest BCUT2D eigenvalue weighted by atomic mass is 16.5. The summed E-state index contributed by atoms with van der Waals surface area (Å²) in [6.07, 6.45) is 3.41. The molecule has 0 saturated carbocycles. The molecule has 3 aromatic heterocycles. The first-order valence-corrected chi connectivity index (χ1v) is 10.6. The Morgan fingerprint density at radius 3 is 2.75 bits per heavy atom. The molecule has 0 atom stereocenters. The van der Waals surface area contributed by atoms with Crippen LogP contribution in [0.2, 0.25) is 0 Å². The molecule has 0 unspecified atom stereocenters. The van der Waals surface area contributed by atoms with E-state index in [0.717, 1.165) is 11.9 Å². The maximum absolute atomic E-state index is 12.3. The van der Waals surface area contributed by atoms with Crippen molar-refractivity contribution in [1.29, 1.82) is 0 Å². The monoisotopic (exact) mass is 429 g/mol. The number of nitrogens with one attached hydrogen (secondary N) is 2. The van der Waals surface area contributed by atoms with E-state index in [2.05, 4.69) is 26.2 Å². The first-order valence-electron chi connectivity index (χ1n) is 10.6. The fraction of sp³-hybridized carbons (Fsp3) is 0.250. The summed E-state index contributed by atoms with van der Waals surface area (Å²) in [5.74, 6) is 1.22. The standard InChI is InChI=1S/C24H23N5O3/c1-14(2)13-29-20-9-7-15(11-19(20)26-23(30)24(29)31)22-27-21(32-28-22)10-8-16-12-25-18-6-4-3-5-17(16)18/h3-7,9,11-12,14,25H,8,10,13H2,1-2H3,(H,26,30). The quantitative estimate of drug-likeness (QED) is 0.400. The van der Waals surface area contributed by atoms with Gasteiger partial charge in [-0.15, -0.1) is 0 Å². The third-order valence-corrected chi connectivity index (χ3v) is 5.53. The molecular formula is C24H23N5O3. The van der Waals surface area contributed by atoms with Gasteiger partial charge in [0.25, 0.3) is 0 Å². The molecule has 0 aliphatic carbocycles. The zero-order valence-corrected chi connectivity index (χ0v) is 17.9. The van der Waals surface area contributed by atoms with Gasteiger partial charge in [0.15, 0.2) is 0 Å². The number of nitrogens with zero attached hydrogens (tertiary/aromatic N) is 3. The van der Waals surface area contributed by atoms with Crippen LogP contribution in [0.15, 0.2) is 62.8 Å². The molecule has 0 radical (unpaired) electrons. The summed E-state index contributed by atoms with van der Waals surface area (Å²) in [7, 11) is 0. The summed E-state index contributed by atoms with van der Waals surface area (Å²) in [6.45, 7) is 4.48. The normalized spacial score (nSPS) is 11.7. The lowest BCUT2D eigenvalue weighted by atomic mass is 10.1. The smallest absolute Gasteiger partial charge is 0.316 e. The van der Waals surface area contributed by atoms with Gasteiger partial charge in [0, 0.05) is 35.6 Å². The van der Waals surface area contributed by atoms with Gasteiger partial charge >= 0.3 is 11.1 Å². The van der Waals surface area contributed by atoms with E-state index in [1.807, 2.05) is 50.4 Å². The first-order chi connectivity index (χ1) is 15.5. The molecule has 3 heterocycles. The Kier molecular flexibility index (Phi) is 4.97. The van der Waals surface area contributed by atoms with E-state index >= 15 is 0 Å². The molecule has 5 aromatic rings. The predicted molar refractivity (Wildman–Crippen MR) is 123 cm³/mol. The van der Waals surface area contributed by atoms with E-state index in [0.29, 0.717) is 41.3 Å². The van der Waals surface area contributed by atoms with Gasteiger partial charge in [0.05, 0.1) is 11.0 Å². The molecule has 2 N–H and O–H groups in total. The fourth-order valence-electron chi connectivity index (χ4n) is 4.02. The molecule has 5 rings (SSSR count). The van der Waals surface area contributed by atoms with Gasteiger partial charge in [0.2, 0.25) is 11.7 Å². The summed E-state index contributed by atoms with van der Waals surface area (Å²) in [5.41, 5.74) is 3.08. The Morgan fingerprint density at radius 2 is 1.91 bits per heavy atom. The third kappa shape index (κ3) is 3.64. The summed E-state index contributed by atoms with van der Waals surface area (Å²) in [4.78, 5) is 34.9. The molecule has 0 aliphatic heterocycles. The van der Waals surface area contributed by atoms with Gasteiger partial charge in [-0.05, 0) is 42.2 Å². The van der Waals surface area contributed by atoms with Crippen LogP contribution in [0.5, 0.6) is 0 Å². The Hall–Kier alpha value is -3.94. The number of para-hydroxylation sites is 1. The van der Waals surface area contributed by atoms with Crippen molar-refractivity contribution in [2.75, 3.05) is 0 Å². The van der Waals surface area contributed by atoms with Crippen LogP contribution in [-0.2, 0) is 19.4 Å². The molecule has 162 valence electrons. The highest BCUT2D eigenvalue weighted by Gasteiger charge is 2.14. The molecule has 8 heteroatoms. The minimum Gasteiger partial charge on any atom is -0.361 e. The lowest BCUT2D eigenvalue weighted by Crippen LogP contribution is -2.37. The zero-order chi connectivity index (χ0) is 22.2. The summed E-state index contributed by atoms with van der Waals surface area (Å²) < 4.78 is 6.98. The highest BCUT2D eigenvalue weighted by Crippen LogP contribution is 2.22.